The predicted octanol–water partition coefficient (Wildman–Crippen LogP) is 3.65. The Bertz CT molecular complexity index is 853. The van der Waals surface area contributed by atoms with Crippen molar-refractivity contribution in [3.63, 3.8) is 0 Å². The Morgan fingerprint density at radius 2 is 1.97 bits per heavy atom. The van der Waals surface area contributed by atoms with Crippen molar-refractivity contribution < 1.29 is 14.2 Å². The second kappa shape index (κ2) is 9.18. The van der Waals surface area contributed by atoms with Gasteiger partial charge in [-0.05, 0) is 50.4 Å². The first-order valence-electron chi connectivity index (χ1n) is 10.9. The third-order valence-corrected chi connectivity index (χ3v) is 6.05. The van der Waals surface area contributed by atoms with Crippen LogP contribution in [0.3, 0.4) is 0 Å². The van der Waals surface area contributed by atoms with Gasteiger partial charge in [0, 0.05) is 41.8 Å². The van der Waals surface area contributed by atoms with E-state index in [1.165, 1.54) is 43.6 Å². The molecule has 1 aromatic carbocycles. The van der Waals surface area contributed by atoms with Gasteiger partial charge in [-0.15, -0.1) is 0 Å². The summed E-state index contributed by atoms with van der Waals surface area (Å²) in [4.78, 5) is 7.57. The number of benzene rings is 1. The second-order valence-electron chi connectivity index (χ2n) is 8.03. The average Bonchev–Trinajstić information content (AvgIpc) is 2.98. The summed E-state index contributed by atoms with van der Waals surface area (Å²) in [5.41, 5.74) is 4.60. The van der Waals surface area contributed by atoms with Gasteiger partial charge >= 0.3 is 0 Å². The molecule has 6 nitrogen and oxygen atoms in total. The fraction of sp³-hybridized carbons (Fsp3) is 0.609. The standard InChI is InChI=1S/C23H33N3O3/c1-4-9-26-10-5-6-16(15-26)24-23-17-7-11-29-12-8-19(17)25-20-14-22(28-3)21(27-2)13-18(20)23/h13-14,16H,4-12,15H2,1-3H3,(H,24,25)/t16-/m1/s1. The number of likely N-dealkylation sites (tertiary alicyclic amines) is 1. The summed E-state index contributed by atoms with van der Waals surface area (Å²) in [6, 6.07) is 4.51. The van der Waals surface area contributed by atoms with E-state index in [1.54, 1.807) is 14.2 Å². The molecule has 0 radical (unpaired) electrons. The fourth-order valence-corrected chi connectivity index (χ4v) is 4.66. The lowest BCUT2D eigenvalue weighted by Gasteiger charge is -2.34. The van der Waals surface area contributed by atoms with Gasteiger partial charge in [0.1, 0.15) is 0 Å². The minimum atomic E-state index is 0.447. The van der Waals surface area contributed by atoms with Crippen LogP contribution in [0, 0.1) is 0 Å². The smallest absolute Gasteiger partial charge is 0.162 e. The zero-order valence-electron chi connectivity index (χ0n) is 17.9. The van der Waals surface area contributed by atoms with Crippen LogP contribution in [-0.2, 0) is 17.6 Å². The number of hydrogen-bond acceptors (Lipinski definition) is 6. The summed E-state index contributed by atoms with van der Waals surface area (Å²) >= 11 is 0. The minimum Gasteiger partial charge on any atom is -0.493 e. The molecule has 0 unspecified atom stereocenters. The van der Waals surface area contributed by atoms with Crippen LogP contribution in [0.25, 0.3) is 10.9 Å². The number of anilines is 1. The van der Waals surface area contributed by atoms with Crippen LogP contribution in [0.2, 0.25) is 0 Å². The molecule has 4 rings (SSSR count). The summed E-state index contributed by atoms with van der Waals surface area (Å²) in [5.74, 6) is 1.46. The molecule has 0 spiro atoms. The molecule has 1 atom stereocenters. The number of nitrogens with one attached hydrogen (secondary N) is 1. The van der Waals surface area contributed by atoms with Crippen LogP contribution in [0.15, 0.2) is 12.1 Å². The maximum atomic E-state index is 5.76. The maximum absolute atomic E-state index is 5.76. The lowest BCUT2D eigenvalue weighted by molar-refractivity contribution is 0.146. The van der Waals surface area contributed by atoms with E-state index in [9.17, 15) is 0 Å². The molecule has 1 aromatic heterocycles. The number of pyridine rings is 1. The molecule has 158 valence electrons. The van der Waals surface area contributed by atoms with E-state index in [-0.39, 0.29) is 0 Å². The number of aromatic nitrogens is 1. The Hall–Kier alpha value is -2.05. The quantitative estimate of drug-likeness (QED) is 0.800. The van der Waals surface area contributed by atoms with Gasteiger partial charge in [-0.2, -0.15) is 0 Å². The molecular weight excluding hydrogens is 366 g/mol. The van der Waals surface area contributed by atoms with Crippen molar-refractivity contribution in [1.29, 1.82) is 0 Å². The van der Waals surface area contributed by atoms with E-state index in [0.29, 0.717) is 6.04 Å². The van der Waals surface area contributed by atoms with E-state index in [2.05, 4.69) is 23.2 Å². The lowest BCUT2D eigenvalue weighted by Crippen LogP contribution is -2.42. The highest BCUT2D eigenvalue weighted by Gasteiger charge is 2.24. The van der Waals surface area contributed by atoms with E-state index >= 15 is 0 Å². The summed E-state index contributed by atoms with van der Waals surface area (Å²) in [6.45, 7) is 7.20. The number of methoxy groups -OCH3 is 2. The lowest BCUT2D eigenvalue weighted by atomic mass is 9.99. The minimum absolute atomic E-state index is 0.447. The van der Waals surface area contributed by atoms with E-state index in [4.69, 9.17) is 19.2 Å². The van der Waals surface area contributed by atoms with Gasteiger partial charge in [0.2, 0.25) is 0 Å². The average molecular weight is 400 g/mol. The second-order valence-corrected chi connectivity index (χ2v) is 8.03. The van der Waals surface area contributed by atoms with Gasteiger partial charge in [-0.3, -0.25) is 4.98 Å². The summed E-state index contributed by atoms with van der Waals surface area (Å²) in [6.07, 6.45) is 5.38. The van der Waals surface area contributed by atoms with Crippen LogP contribution < -0.4 is 14.8 Å². The highest BCUT2D eigenvalue weighted by molar-refractivity contribution is 5.96. The highest BCUT2D eigenvalue weighted by Crippen LogP contribution is 2.38. The van der Waals surface area contributed by atoms with E-state index in [0.717, 1.165) is 60.7 Å². The summed E-state index contributed by atoms with van der Waals surface area (Å²) in [5, 5.41) is 5.03. The summed E-state index contributed by atoms with van der Waals surface area (Å²) in [7, 11) is 3.36. The Labute approximate surface area is 173 Å². The van der Waals surface area contributed by atoms with Crippen molar-refractivity contribution in [3.05, 3.63) is 23.4 Å². The molecule has 0 amide bonds. The van der Waals surface area contributed by atoms with Gasteiger partial charge in [-0.25, -0.2) is 0 Å². The fourth-order valence-electron chi connectivity index (χ4n) is 4.66. The van der Waals surface area contributed by atoms with E-state index in [1.807, 2.05) is 6.07 Å². The SMILES string of the molecule is CCCN1CCC[C@@H](Nc2c3c(nc4cc(OC)c(OC)cc24)CCOCC3)C1. The van der Waals surface area contributed by atoms with Gasteiger partial charge in [0.25, 0.3) is 0 Å². The van der Waals surface area contributed by atoms with Crippen molar-refractivity contribution in [2.45, 2.75) is 45.1 Å². The van der Waals surface area contributed by atoms with Crippen LogP contribution in [0.4, 0.5) is 5.69 Å². The van der Waals surface area contributed by atoms with Gasteiger partial charge in [0.15, 0.2) is 11.5 Å². The molecule has 3 heterocycles. The van der Waals surface area contributed by atoms with Crippen molar-refractivity contribution in [2.24, 2.45) is 0 Å². The zero-order chi connectivity index (χ0) is 20.2. The molecular formula is C23H33N3O3. The van der Waals surface area contributed by atoms with Gasteiger partial charge < -0.3 is 24.4 Å². The van der Waals surface area contributed by atoms with Gasteiger partial charge in [-0.1, -0.05) is 6.92 Å². The number of ether oxygens (including phenoxy) is 3. The molecule has 0 bridgehead atoms. The molecule has 1 N–H and O–H groups in total. The van der Waals surface area contributed by atoms with E-state index < -0.39 is 0 Å². The Morgan fingerprint density at radius 1 is 1.17 bits per heavy atom. The van der Waals surface area contributed by atoms with Crippen molar-refractivity contribution in [3.8, 4) is 11.5 Å². The number of fused-ring (bicyclic) bond motifs is 2. The molecule has 2 aromatic rings. The molecule has 6 heteroatoms. The third kappa shape index (κ3) is 4.28. The van der Waals surface area contributed by atoms with Crippen molar-refractivity contribution in [2.75, 3.05) is 52.4 Å². The first-order valence-corrected chi connectivity index (χ1v) is 10.9. The number of nitrogens with zero attached hydrogens (tertiary/aromatic N) is 2. The summed E-state index contributed by atoms with van der Waals surface area (Å²) < 4.78 is 16.9. The Morgan fingerprint density at radius 3 is 2.76 bits per heavy atom. The topological polar surface area (TPSA) is 55.9 Å². The normalized spacial score (nSPS) is 20.2. The highest BCUT2D eigenvalue weighted by atomic mass is 16.5. The first-order chi connectivity index (χ1) is 14.2. The maximum Gasteiger partial charge on any atom is 0.162 e. The number of piperidine rings is 1. The number of rotatable bonds is 6. The first kappa shape index (κ1) is 20.2. The molecule has 2 aliphatic rings. The predicted molar refractivity (Wildman–Crippen MR) is 116 cm³/mol. The molecule has 0 saturated carbocycles. The van der Waals surface area contributed by atoms with Crippen LogP contribution in [0.5, 0.6) is 11.5 Å². The molecule has 1 saturated heterocycles. The third-order valence-electron chi connectivity index (χ3n) is 6.05. The molecule has 0 aliphatic carbocycles. The molecule has 1 fully saturated rings. The van der Waals surface area contributed by atoms with Crippen molar-refractivity contribution >= 4 is 16.6 Å². The van der Waals surface area contributed by atoms with Crippen LogP contribution in [-0.4, -0.2) is 63.0 Å². The number of hydrogen-bond donors (Lipinski definition) is 1. The largest absolute Gasteiger partial charge is 0.493 e. The van der Waals surface area contributed by atoms with Crippen LogP contribution >= 0.6 is 0 Å². The van der Waals surface area contributed by atoms with Gasteiger partial charge in [0.05, 0.1) is 33.0 Å². The molecule has 2 aliphatic heterocycles. The zero-order valence-corrected chi connectivity index (χ0v) is 17.9. The monoisotopic (exact) mass is 399 g/mol. The van der Waals surface area contributed by atoms with Crippen molar-refractivity contribution in [1.82, 2.24) is 9.88 Å². The van der Waals surface area contributed by atoms with Crippen LogP contribution in [0.1, 0.15) is 37.4 Å². The Kier molecular flexibility index (Phi) is 6.40. The molecule has 29 heavy (non-hydrogen) atoms. The Balaban J connectivity index is 1.77.